The molecule has 0 saturated heterocycles. The number of nitrogens with zero attached hydrogens (tertiary/aromatic N) is 1. The lowest BCUT2D eigenvalue weighted by Crippen LogP contribution is -2.07. The standard InChI is InChI=1S/C7H8N2O2S/c1-12-5-3-7(10)8-6-2-4-11-9-6/h2-5H,1H3,(H,8,9,10)/b5-3+. The molecule has 12 heavy (non-hydrogen) atoms. The maximum atomic E-state index is 11.0. The smallest absolute Gasteiger partial charge is 0.250 e. The number of rotatable bonds is 3. The minimum atomic E-state index is -0.210. The van der Waals surface area contributed by atoms with Gasteiger partial charge in [0.25, 0.3) is 0 Å². The van der Waals surface area contributed by atoms with Crippen LogP contribution in [0.1, 0.15) is 0 Å². The normalized spacial score (nSPS) is 10.4. The van der Waals surface area contributed by atoms with Gasteiger partial charge in [0, 0.05) is 12.1 Å². The third kappa shape index (κ3) is 2.79. The van der Waals surface area contributed by atoms with Crippen molar-refractivity contribution in [3.8, 4) is 0 Å². The lowest BCUT2D eigenvalue weighted by molar-refractivity contribution is -0.111. The maximum Gasteiger partial charge on any atom is 0.250 e. The Hall–Kier alpha value is -1.23. The fraction of sp³-hybridized carbons (Fsp3) is 0.143. The molecule has 0 unspecified atom stereocenters. The maximum absolute atomic E-state index is 11.0. The van der Waals surface area contributed by atoms with Crippen LogP contribution in [0.25, 0.3) is 0 Å². The van der Waals surface area contributed by atoms with Crippen LogP contribution < -0.4 is 5.32 Å². The molecule has 0 saturated carbocycles. The number of hydrogen-bond acceptors (Lipinski definition) is 4. The van der Waals surface area contributed by atoms with Crippen molar-refractivity contribution >= 4 is 23.5 Å². The molecule has 1 aromatic rings. The summed E-state index contributed by atoms with van der Waals surface area (Å²) in [6.07, 6.45) is 4.70. The average Bonchev–Trinajstić information content (AvgIpc) is 2.53. The van der Waals surface area contributed by atoms with Crippen molar-refractivity contribution in [3.05, 3.63) is 23.8 Å². The molecule has 0 atom stereocenters. The first kappa shape index (κ1) is 8.86. The predicted octanol–water partition coefficient (Wildman–Crippen LogP) is 1.49. The summed E-state index contributed by atoms with van der Waals surface area (Å²) in [5, 5.41) is 7.72. The topological polar surface area (TPSA) is 55.1 Å². The van der Waals surface area contributed by atoms with E-state index < -0.39 is 0 Å². The van der Waals surface area contributed by atoms with Gasteiger partial charge in [0.05, 0.1) is 0 Å². The molecule has 0 spiro atoms. The van der Waals surface area contributed by atoms with Gasteiger partial charge >= 0.3 is 0 Å². The number of nitrogens with one attached hydrogen (secondary N) is 1. The van der Waals surface area contributed by atoms with Crippen molar-refractivity contribution in [1.82, 2.24) is 5.16 Å². The Kier molecular flexibility index (Phi) is 3.40. The summed E-state index contributed by atoms with van der Waals surface area (Å²) >= 11 is 1.46. The van der Waals surface area contributed by atoms with E-state index in [0.717, 1.165) is 0 Å². The number of aromatic nitrogens is 1. The molecule has 1 heterocycles. The van der Waals surface area contributed by atoms with E-state index in [0.29, 0.717) is 5.82 Å². The van der Waals surface area contributed by atoms with Gasteiger partial charge in [0.1, 0.15) is 6.26 Å². The molecule has 0 aliphatic carbocycles. The van der Waals surface area contributed by atoms with E-state index in [1.807, 2.05) is 6.26 Å². The number of thioether (sulfide) groups is 1. The van der Waals surface area contributed by atoms with E-state index in [2.05, 4.69) is 15.0 Å². The molecule has 1 rings (SSSR count). The summed E-state index contributed by atoms with van der Waals surface area (Å²) in [5.74, 6) is 0.212. The Bertz CT molecular complexity index is 269. The van der Waals surface area contributed by atoms with Crippen LogP contribution in [-0.2, 0) is 4.79 Å². The molecule has 0 fully saturated rings. The van der Waals surface area contributed by atoms with Gasteiger partial charge in [-0.3, -0.25) is 4.79 Å². The molecule has 1 amide bonds. The highest BCUT2D eigenvalue weighted by Gasteiger charge is 1.98. The lowest BCUT2D eigenvalue weighted by atomic mass is 10.5. The monoisotopic (exact) mass is 184 g/mol. The fourth-order valence-corrected chi connectivity index (χ4v) is 0.834. The largest absolute Gasteiger partial charge is 0.363 e. The molecule has 1 N–H and O–H groups in total. The van der Waals surface area contributed by atoms with Crippen LogP contribution >= 0.6 is 11.8 Å². The van der Waals surface area contributed by atoms with Crippen LogP contribution in [0, 0.1) is 0 Å². The van der Waals surface area contributed by atoms with Crippen LogP contribution in [0.2, 0.25) is 0 Å². The second-order valence-corrected chi connectivity index (χ2v) is 2.66. The second-order valence-electron chi connectivity index (χ2n) is 1.91. The number of anilines is 1. The van der Waals surface area contributed by atoms with E-state index >= 15 is 0 Å². The lowest BCUT2D eigenvalue weighted by Gasteiger charge is -1.92. The van der Waals surface area contributed by atoms with Crippen LogP contribution in [0.15, 0.2) is 28.3 Å². The van der Waals surface area contributed by atoms with Gasteiger partial charge in [0.15, 0.2) is 5.82 Å². The van der Waals surface area contributed by atoms with E-state index in [-0.39, 0.29) is 5.91 Å². The average molecular weight is 184 g/mol. The summed E-state index contributed by atoms with van der Waals surface area (Å²) < 4.78 is 4.53. The molecular formula is C7H8N2O2S. The minimum absolute atomic E-state index is 0.210. The molecular weight excluding hydrogens is 176 g/mol. The third-order valence-electron chi connectivity index (χ3n) is 1.04. The first-order chi connectivity index (χ1) is 5.83. The van der Waals surface area contributed by atoms with Crippen LogP contribution in [0.3, 0.4) is 0 Å². The quantitative estimate of drug-likeness (QED) is 0.723. The molecule has 0 radical (unpaired) electrons. The first-order valence-corrected chi connectivity index (χ1v) is 4.52. The summed E-state index contributed by atoms with van der Waals surface area (Å²) in [5.41, 5.74) is 0. The molecule has 64 valence electrons. The minimum Gasteiger partial charge on any atom is -0.363 e. The number of hydrogen-bond donors (Lipinski definition) is 1. The van der Waals surface area contributed by atoms with Gasteiger partial charge in [-0.2, -0.15) is 0 Å². The summed E-state index contributed by atoms with van der Waals surface area (Å²) in [7, 11) is 0. The first-order valence-electron chi connectivity index (χ1n) is 3.23. The second kappa shape index (κ2) is 4.61. The van der Waals surface area contributed by atoms with Crippen molar-refractivity contribution in [3.63, 3.8) is 0 Å². The highest BCUT2D eigenvalue weighted by Crippen LogP contribution is 2.01. The highest BCUT2D eigenvalue weighted by atomic mass is 32.2. The van der Waals surface area contributed by atoms with Gasteiger partial charge in [-0.25, -0.2) is 0 Å². The highest BCUT2D eigenvalue weighted by molar-refractivity contribution is 8.01. The van der Waals surface area contributed by atoms with Crippen molar-refractivity contribution < 1.29 is 9.32 Å². The van der Waals surface area contributed by atoms with Crippen LogP contribution in [0.5, 0.6) is 0 Å². The molecule has 1 aromatic heterocycles. The molecule has 0 aliphatic rings. The zero-order valence-electron chi connectivity index (χ0n) is 6.48. The van der Waals surface area contributed by atoms with Gasteiger partial charge in [0.2, 0.25) is 5.91 Å². The van der Waals surface area contributed by atoms with Crippen molar-refractivity contribution in [2.45, 2.75) is 0 Å². The van der Waals surface area contributed by atoms with E-state index in [9.17, 15) is 4.79 Å². The summed E-state index contributed by atoms with van der Waals surface area (Å²) in [6.45, 7) is 0. The van der Waals surface area contributed by atoms with E-state index in [1.54, 1.807) is 11.5 Å². The Labute approximate surface area is 74.0 Å². The SMILES string of the molecule is CS/C=C/C(=O)Nc1ccon1. The predicted molar refractivity (Wildman–Crippen MR) is 47.8 cm³/mol. The zero-order valence-corrected chi connectivity index (χ0v) is 7.30. The molecule has 0 aliphatic heterocycles. The van der Waals surface area contributed by atoms with Gasteiger partial charge in [-0.05, 0) is 11.7 Å². The molecule has 5 heteroatoms. The van der Waals surface area contributed by atoms with Crippen LogP contribution in [-0.4, -0.2) is 17.3 Å². The van der Waals surface area contributed by atoms with Crippen molar-refractivity contribution in [1.29, 1.82) is 0 Å². The van der Waals surface area contributed by atoms with Crippen LogP contribution in [0.4, 0.5) is 5.82 Å². The number of carbonyl (C=O) groups is 1. The van der Waals surface area contributed by atoms with Gasteiger partial charge in [-0.15, -0.1) is 11.8 Å². The summed E-state index contributed by atoms with van der Waals surface area (Å²) in [4.78, 5) is 11.0. The Morgan fingerprint density at radius 1 is 1.83 bits per heavy atom. The Morgan fingerprint density at radius 3 is 3.25 bits per heavy atom. The Balaban J connectivity index is 2.42. The van der Waals surface area contributed by atoms with Gasteiger partial charge < -0.3 is 9.84 Å². The third-order valence-corrected chi connectivity index (χ3v) is 1.45. The van der Waals surface area contributed by atoms with E-state index in [1.165, 1.54) is 24.1 Å². The van der Waals surface area contributed by atoms with Crippen molar-refractivity contribution in [2.24, 2.45) is 0 Å². The van der Waals surface area contributed by atoms with Gasteiger partial charge in [-0.1, -0.05) is 5.16 Å². The number of amides is 1. The zero-order chi connectivity index (χ0) is 8.81. The number of carbonyl (C=O) groups excluding carboxylic acids is 1. The Morgan fingerprint density at radius 2 is 2.67 bits per heavy atom. The molecule has 4 nitrogen and oxygen atoms in total. The fourth-order valence-electron chi connectivity index (χ4n) is 0.575. The molecule has 0 aromatic carbocycles. The summed E-state index contributed by atoms with van der Waals surface area (Å²) in [6, 6.07) is 1.57. The van der Waals surface area contributed by atoms with Crippen molar-refractivity contribution in [2.75, 3.05) is 11.6 Å². The molecule has 0 bridgehead atoms. The van der Waals surface area contributed by atoms with E-state index in [4.69, 9.17) is 0 Å².